The van der Waals surface area contributed by atoms with E-state index in [-0.39, 0.29) is 16.6 Å². The van der Waals surface area contributed by atoms with Crippen LogP contribution in [0.15, 0.2) is 24.3 Å². The van der Waals surface area contributed by atoms with Crippen LogP contribution in [0.5, 0.6) is 0 Å². The lowest BCUT2D eigenvalue weighted by molar-refractivity contribution is 0.310. The Morgan fingerprint density at radius 1 is 0.920 bits per heavy atom. The van der Waals surface area contributed by atoms with Gasteiger partial charge in [-0.2, -0.15) is 0 Å². The molecule has 0 bridgehead atoms. The Balaban J connectivity index is 2.01. The molecule has 1 aliphatic rings. The van der Waals surface area contributed by atoms with Crippen LogP contribution >= 0.6 is 0 Å². The molecule has 0 saturated carbocycles. The van der Waals surface area contributed by atoms with Crippen LogP contribution in [0.1, 0.15) is 5.56 Å². The minimum absolute atomic E-state index is 0.0772. The van der Waals surface area contributed by atoms with Gasteiger partial charge in [-0.3, -0.25) is 0 Å². The Kier molecular flexibility index (Phi) is 3.80. The fraction of sp³-hybridized carbons (Fsp3) is 0.316. The second-order valence-electron chi connectivity index (χ2n) is 6.56. The highest BCUT2D eigenvalue weighted by molar-refractivity contribution is 5.99. The normalized spacial score (nSPS) is 16.1. The van der Waals surface area contributed by atoms with Crippen molar-refractivity contribution in [2.75, 3.05) is 38.1 Å². The molecular weight excluding hydrogens is 327 g/mol. The summed E-state index contributed by atoms with van der Waals surface area (Å²) in [6.07, 6.45) is 0. The number of aromatic nitrogens is 1. The van der Waals surface area contributed by atoms with Crippen molar-refractivity contribution < 1.29 is 13.2 Å². The molecule has 2 aromatic carbocycles. The number of aryl methyl sites for hydroxylation is 1. The summed E-state index contributed by atoms with van der Waals surface area (Å²) in [4.78, 5) is 7.93. The van der Waals surface area contributed by atoms with Gasteiger partial charge in [-0.15, -0.1) is 0 Å². The van der Waals surface area contributed by atoms with Crippen LogP contribution in [0.2, 0.25) is 0 Å². The topological polar surface area (TPSA) is 19.4 Å². The van der Waals surface area contributed by atoms with E-state index in [1.807, 2.05) is 7.05 Å². The first kappa shape index (κ1) is 16.1. The van der Waals surface area contributed by atoms with Gasteiger partial charge in [0.2, 0.25) is 0 Å². The van der Waals surface area contributed by atoms with Crippen molar-refractivity contribution in [2.45, 2.75) is 6.92 Å². The second-order valence-corrected chi connectivity index (χ2v) is 6.56. The summed E-state index contributed by atoms with van der Waals surface area (Å²) < 4.78 is 44.8. The van der Waals surface area contributed by atoms with Gasteiger partial charge in [-0.05, 0) is 25.6 Å². The molecule has 3 nitrogen and oxygen atoms in total. The molecule has 4 rings (SSSR count). The quantitative estimate of drug-likeness (QED) is 0.493. The third-order valence-electron chi connectivity index (χ3n) is 5.01. The first-order chi connectivity index (χ1) is 12.0. The van der Waals surface area contributed by atoms with Gasteiger partial charge in [0.15, 0.2) is 17.5 Å². The Morgan fingerprint density at radius 3 is 2.32 bits per heavy atom. The molecule has 0 amide bonds. The number of piperazine rings is 1. The van der Waals surface area contributed by atoms with Crippen molar-refractivity contribution in [1.82, 2.24) is 9.88 Å². The minimum atomic E-state index is -1.13. The van der Waals surface area contributed by atoms with Gasteiger partial charge in [0.1, 0.15) is 11.2 Å². The number of anilines is 1. The van der Waals surface area contributed by atoms with Crippen molar-refractivity contribution in [3.8, 4) is 0 Å². The summed E-state index contributed by atoms with van der Waals surface area (Å²) in [6.45, 7) is 3.90. The number of para-hydroxylation sites is 1. The number of halogens is 3. The molecule has 1 aliphatic heterocycles. The fourth-order valence-electron chi connectivity index (χ4n) is 3.53. The Morgan fingerprint density at radius 2 is 1.60 bits per heavy atom. The lowest BCUT2D eigenvalue weighted by Crippen LogP contribution is -2.45. The van der Waals surface area contributed by atoms with Crippen molar-refractivity contribution in [3.05, 3.63) is 47.3 Å². The van der Waals surface area contributed by atoms with Crippen LogP contribution in [-0.2, 0) is 0 Å². The molecule has 0 radical (unpaired) electrons. The van der Waals surface area contributed by atoms with Crippen LogP contribution < -0.4 is 4.90 Å². The first-order valence-corrected chi connectivity index (χ1v) is 8.28. The maximum absolute atomic E-state index is 15.2. The number of fused-ring (bicyclic) bond motifs is 2. The molecule has 0 aliphatic carbocycles. The summed E-state index contributed by atoms with van der Waals surface area (Å²) in [5.74, 6) is -2.94. The number of benzene rings is 2. The van der Waals surface area contributed by atoms with E-state index in [4.69, 9.17) is 0 Å². The van der Waals surface area contributed by atoms with E-state index in [0.29, 0.717) is 42.6 Å². The molecule has 1 fully saturated rings. The van der Waals surface area contributed by atoms with Crippen LogP contribution in [0.25, 0.3) is 21.8 Å². The summed E-state index contributed by atoms with van der Waals surface area (Å²) in [7, 11) is 1.95. The minimum Gasteiger partial charge on any atom is -0.364 e. The van der Waals surface area contributed by atoms with Gasteiger partial charge >= 0.3 is 0 Å². The highest BCUT2D eigenvalue weighted by Gasteiger charge is 2.28. The molecule has 2 heterocycles. The monoisotopic (exact) mass is 345 g/mol. The molecule has 25 heavy (non-hydrogen) atoms. The number of hydrogen-bond acceptors (Lipinski definition) is 3. The van der Waals surface area contributed by atoms with E-state index in [2.05, 4.69) is 9.88 Å². The first-order valence-electron chi connectivity index (χ1n) is 8.28. The Hall–Kier alpha value is -2.34. The summed E-state index contributed by atoms with van der Waals surface area (Å²) >= 11 is 0. The average Bonchev–Trinajstić information content (AvgIpc) is 2.61. The molecule has 0 atom stereocenters. The Bertz CT molecular complexity index is 979. The van der Waals surface area contributed by atoms with Crippen LogP contribution in [0, 0.1) is 24.4 Å². The largest absolute Gasteiger partial charge is 0.364 e. The van der Waals surface area contributed by atoms with Crippen LogP contribution in [-0.4, -0.2) is 43.1 Å². The molecule has 0 spiro atoms. The lowest BCUT2D eigenvalue weighted by atomic mass is 10.0. The van der Waals surface area contributed by atoms with Gasteiger partial charge in [0.25, 0.3) is 0 Å². The molecule has 0 N–H and O–H groups in total. The summed E-state index contributed by atoms with van der Waals surface area (Å²) in [5, 5.41) is 0.617. The van der Waals surface area contributed by atoms with Gasteiger partial charge < -0.3 is 9.80 Å². The molecule has 1 aromatic heterocycles. The molecular formula is C19H18F3N3. The maximum Gasteiger partial charge on any atom is 0.185 e. The molecule has 6 heteroatoms. The van der Waals surface area contributed by atoms with Crippen molar-refractivity contribution in [2.24, 2.45) is 0 Å². The molecule has 0 unspecified atom stereocenters. The molecule has 130 valence electrons. The zero-order valence-electron chi connectivity index (χ0n) is 14.1. The van der Waals surface area contributed by atoms with Gasteiger partial charge in [-0.25, -0.2) is 18.2 Å². The third-order valence-corrected chi connectivity index (χ3v) is 5.01. The van der Waals surface area contributed by atoms with Gasteiger partial charge in [0, 0.05) is 37.0 Å². The summed E-state index contributed by atoms with van der Waals surface area (Å²) in [5.41, 5.74) is 0.659. The van der Waals surface area contributed by atoms with Crippen LogP contribution in [0.4, 0.5) is 18.9 Å². The van der Waals surface area contributed by atoms with Gasteiger partial charge in [-0.1, -0.05) is 18.2 Å². The lowest BCUT2D eigenvalue weighted by Gasteiger charge is -2.34. The summed E-state index contributed by atoms with van der Waals surface area (Å²) in [6, 6.07) is 7.12. The molecule has 3 aromatic rings. The van der Waals surface area contributed by atoms with Crippen molar-refractivity contribution >= 4 is 27.5 Å². The van der Waals surface area contributed by atoms with E-state index in [9.17, 15) is 8.78 Å². The zero-order chi connectivity index (χ0) is 17.7. The predicted octanol–water partition coefficient (Wildman–Crippen LogP) is 3.87. The highest BCUT2D eigenvalue weighted by atomic mass is 19.2. The number of pyridine rings is 1. The number of rotatable bonds is 1. The van der Waals surface area contributed by atoms with E-state index < -0.39 is 17.5 Å². The van der Waals surface area contributed by atoms with E-state index in [1.54, 1.807) is 36.1 Å². The van der Waals surface area contributed by atoms with Crippen LogP contribution in [0.3, 0.4) is 0 Å². The maximum atomic E-state index is 15.2. The molecule has 1 saturated heterocycles. The van der Waals surface area contributed by atoms with E-state index >= 15 is 4.39 Å². The highest BCUT2D eigenvalue weighted by Crippen LogP contribution is 2.36. The van der Waals surface area contributed by atoms with Crippen molar-refractivity contribution in [3.63, 3.8) is 0 Å². The standard InChI is InChI=1S/C19H18F3N3/c1-11-12-5-3-4-6-13(12)23-18-14(11)15(20)16(21)19(17(18)22)25-9-7-24(2)8-10-25/h3-6H,7-10H2,1-2H3. The predicted molar refractivity (Wildman–Crippen MR) is 93.6 cm³/mol. The number of hydrogen-bond donors (Lipinski definition) is 0. The smallest absolute Gasteiger partial charge is 0.185 e. The zero-order valence-corrected chi connectivity index (χ0v) is 14.1. The SMILES string of the molecule is Cc1c2ccccc2nc2c(F)c(N3CCN(C)CC3)c(F)c(F)c12. The van der Waals surface area contributed by atoms with Crippen molar-refractivity contribution in [1.29, 1.82) is 0 Å². The average molecular weight is 345 g/mol. The van der Waals surface area contributed by atoms with E-state index in [0.717, 1.165) is 0 Å². The van der Waals surface area contributed by atoms with Gasteiger partial charge in [0.05, 0.1) is 5.52 Å². The third kappa shape index (κ3) is 2.43. The number of nitrogens with zero attached hydrogens (tertiary/aromatic N) is 3. The fourth-order valence-corrected chi connectivity index (χ4v) is 3.53. The Labute approximate surface area is 143 Å². The van der Waals surface area contributed by atoms with E-state index in [1.165, 1.54) is 0 Å². The number of likely N-dealkylation sites (N-methyl/N-ethyl adjacent to an activating group) is 1. The second kappa shape index (κ2) is 5.88.